The highest BCUT2D eigenvalue weighted by atomic mass is 16.6. The normalized spacial score (nSPS) is 31.0. The number of hydrogen-bond donors (Lipinski definition) is 1. The molecule has 1 heterocycles. The standard InChI is InChI=1S/C21H24N2O/c1-24-23-21-17-13-8-14-18(21)20(16-11-6-3-7-12-16)22-19(17)15-9-4-2-5-10-15/h2-7,9-12,17-20,22H,8,13-14H2,1H3/t17-,18+,19?,20?. The minimum Gasteiger partial charge on any atom is -0.399 e. The summed E-state index contributed by atoms with van der Waals surface area (Å²) in [4.78, 5) is 5.25. The zero-order valence-electron chi connectivity index (χ0n) is 14.1. The molecule has 0 spiro atoms. The van der Waals surface area contributed by atoms with Gasteiger partial charge in [0.2, 0.25) is 0 Å². The zero-order chi connectivity index (χ0) is 16.4. The molecule has 1 saturated heterocycles. The van der Waals surface area contributed by atoms with Crippen molar-refractivity contribution in [3.05, 3.63) is 71.8 Å². The molecule has 2 aliphatic rings. The molecule has 3 heteroatoms. The topological polar surface area (TPSA) is 33.6 Å². The number of fused-ring (bicyclic) bond motifs is 2. The average Bonchev–Trinajstić information content (AvgIpc) is 2.64. The van der Waals surface area contributed by atoms with Gasteiger partial charge in [-0.05, 0) is 24.0 Å². The van der Waals surface area contributed by atoms with Crippen molar-refractivity contribution in [3.8, 4) is 0 Å². The first-order valence-corrected chi connectivity index (χ1v) is 8.85. The van der Waals surface area contributed by atoms with Crippen LogP contribution in [0.25, 0.3) is 0 Å². The van der Waals surface area contributed by atoms with Gasteiger partial charge in [0, 0.05) is 23.9 Å². The third-order valence-electron chi connectivity index (χ3n) is 5.47. The summed E-state index contributed by atoms with van der Waals surface area (Å²) in [5.74, 6) is 0.845. The summed E-state index contributed by atoms with van der Waals surface area (Å²) in [7, 11) is 1.67. The quantitative estimate of drug-likeness (QED) is 0.845. The molecule has 1 aliphatic heterocycles. The van der Waals surface area contributed by atoms with Crippen LogP contribution in [0, 0.1) is 11.8 Å². The van der Waals surface area contributed by atoms with Crippen molar-refractivity contribution in [3.63, 3.8) is 0 Å². The molecular weight excluding hydrogens is 296 g/mol. The number of nitrogens with zero attached hydrogens (tertiary/aromatic N) is 1. The van der Waals surface area contributed by atoms with E-state index >= 15 is 0 Å². The van der Waals surface area contributed by atoms with Gasteiger partial charge in [-0.15, -0.1) is 0 Å². The van der Waals surface area contributed by atoms with E-state index in [9.17, 15) is 0 Å². The molecule has 124 valence electrons. The van der Waals surface area contributed by atoms with Crippen LogP contribution in [0.1, 0.15) is 42.5 Å². The van der Waals surface area contributed by atoms with Crippen LogP contribution in [-0.4, -0.2) is 12.8 Å². The molecule has 0 amide bonds. The van der Waals surface area contributed by atoms with Gasteiger partial charge >= 0.3 is 0 Å². The Morgan fingerprint density at radius 3 is 1.79 bits per heavy atom. The average molecular weight is 320 g/mol. The van der Waals surface area contributed by atoms with Crippen LogP contribution < -0.4 is 5.32 Å². The number of nitrogens with one attached hydrogen (secondary N) is 1. The molecule has 2 fully saturated rings. The Kier molecular flexibility index (Phi) is 4.35. The molecule has 4 rings (SSSR count). The number of benzene rings is 2. The van der Waals surface area contributed by atoms with Crippen LogP contribution >= 0.6 is 0 Å². The van der Waals surface area contributed by atoms with E-state index in [-0.39, 0.29) is 0 Å². The molecule has 0 aromatic heterocycles. The van der Waals surface area contributed by atoms with Crippen LogP contribution in [-0.2, 0) is 4.84 Å². The maximum absolute atomic E-state index is 5.25. The Balaban J connectivity index is 1.77. The van der Waals surface area contributed by atoms with Crippen LogP contribution in [0.5, 0.6) is 0 Å². The van der Waals surface area contributed by atoms with E-state index in [4.69, 9.17) is 4.84 Å². The van der Waals surface area contributed by atoms with E-state index in [0.717, 1.165) is 0 Å². The predicted octanol–water partition coefficient (Wildman–Crippen LogP) is 4.49. The Morgan fingerprint density at radius 2 is 1.33 bits per heavy atom. The largest absolute Gasteiger partial charge is 0.399 e. The second-order valence-electron chi connectivity index (χ2n) is 6.79. The Morgan fingerprint density at radius 1 is 0.833 bits per heavy atom. The summed E-state index contributed by atoms with van der Waals surface area (Å²) in [6, 6.07) is 22.1. The minimum absolute atomic E-state index is 0.293. The fourth-order valence-electron chi connectivity index (χ4n) is 4.45. The smallest absolute Gasteiger partial charge is 0.106 e. The van der Waals surface area contributed by atoms with Crippen LogP contribution in [0.15, 0.2) is 65.8 Å². The first-order valence-electron chi connectivity index (χ1n) is 8.85. The van der Waals surface area contributed by atoms with Gasteiger partial charge in [-0.2, -0.15) is 0 Å². The Hall–Kier alpha value is -2.13. The fourth-order valence-corrected chi connectivity index (χ4v) is 4.45. The summed E-state index contributed by atoms with van der Waals surface area (Å²) >= 11 is 0. The molecule has 24 heavy (non-hydrogen) atoms. The molecule has 1 saturated carbocycles. The van der Waals surface area contributed by atoms with Crippen molar-refractivity contribution in [1.29, 1.82) is 0 Å². The van der Waals surface area contributed by atoms with Gasteiger partial charge in [-0.25, -0.2) is 0 Å². The lowest BCUT2D eigenvalue weighted by atomic mass is 9.67. The van der Waals surface area contributed by atoms with E-state index in [2.05, 4.69) is 71.1 Å². The maximum atomic E-state index is 5.25. The molecule has 2 unspecified atom stereocenters. The Bertz CT molecular complexity index is 643. The van der Waals surface area contributed by atoms with Crippen LogP contribution in [0.3, 0.4) is 0 Å². The monoisotopic (exact) mass is 320 g/mol. The summed E-state index contributed by atoms with van der Waals surface area (Å²) in [6.07, 6.45) is 3.60. The summed E-state index contributed by atoms with van der Waals surface area (Å²) in [5.41, 5.74) is 3.92. The third-order valence-corrected chi connectivity index (χ3v) is 5.47. The first kappa shape index (κ1) is 15.4. The van der Waals surface area contributed by atoms with Crippen LogP contribution in [0.2, 0.25) is 0 Å². The summed E-state index contributed by atoms with van der Waals surface area (Å²) in [6.45, 7) is 0. The number of oxime groups is 1. The first-order chi connectivity index (χ1) is 11.9. The lowest BCUT2D eigenvalue weighted by Crippen LogP contribution is -2.50. The second kappa shape index (κ2) is 6.78. The summed E-state index contributed by atoms with van der Waals surface area (Å²) in [5, 5.41) is 8.44. The van der Waals surface area contributed by atoms with Crippen molar-refractivity contribution in [2.24, 2.45) is 17.0 Å². The van der Waals surface area contributed by atoms with Gasteiger partial charge in [-0.3, -0.25) is 0 Å². The van der Waals surface area contributed by atoms with E-state index in [0.29, 0.717) is 23.9 Å². The number of hydrogen-bond acceptors (Lipinski definition) is 3. The molecule has 2 bridgehead atoms. The SMILES string of the molecule is CON=C1[C@H]2CCC[C@@H]1C(c1ccccc1)NC2c1ccccc1. The molecule has 1 N–H and O–H groups in total. The van der Waals surface area contributed by atoms with Gasteiger partial charge in [0.1, 0.15) is 7.11 Å². The van der Waals surface area contributed by atoms with E-state index in [1.54, 1.807) is 7.11 Å². The van der Waals surface area contributed by atoms with Crippen molar-refractivity contribution < 1.29 is 4.84 Å². The predicted molar refractivity (Wildman–Crippen MR) is 96.8 cm³/mol. The van der Waals surface area contributed by atoms with Crippen molar-refractivity contribution >= 4 is 5.71 Å². The number of rotatable bonds is 3. The van der Waals surface area contributed by atoms with E-state index in [1.807, 2.05) is 0 Å². The fraction of sp³-hybridized carbons (Fsp3) is 0.381. The number of piperidine rings is 1. The minimum atomic E-state index is 0.293. The summed E-state index contributed by atoms with van der Waals surface area (Å²) < 4.78 is 0. The highest BCUT2D eigenvalue weighted by molar-refractivity contribution is 5.91. The van der Waals surface area contributed by atoms with Crippen molar-refractivity contribution in [2.45, 2.75) is 31.3 Å². The van der Waals surface area contributed by atoms with Gasteiger partial charge in [0.15, 0.2) is 0 Å². The second-order valence-corrected chi connectivity index (χ2v) is 6.79. The molecule has 3 nitrogen and oxygen atoms in total. The third kappa shape index (κ3) is 2.73. The van der Waals surface area contributed by atoms with Gasteiger partial charge < -0.3 is 10.2 Å². The molecule has 2 aromatic rings. The van der Waals surface area contributed by atoms with Gasteiger partial charge in [-0.1, -0.05) is 72.2 Å². The van der Waals surface area contributed by atoms with E-state index in [1.165, 1.54) is 36.1 Å². The highest BCUT2D eigenvalue weighted by Crippen LogP contribution is 2.46. The maximum Gasteiger partial charge on any atom is 0.106 e. The molecular formula is C21H24N2O. The molecule has 2 aromatic carbocycles. The van der Waals surface area contributed by atoms with E-state index < -0.39 is 0 Å². The van der Waals surface area contributed by atoms with Gasteiger partial charge in [0.05, 0.1) is 5.71 Å². The molecule has 4 atom stereocenters. The zero-order valence-corrected chi connectivity index (χ0v) is 14.1. The van der Waals surface area contributed by atoms with Crippen LogP contribution in [0.4, 0.5) is 0 Å². The van der Waals surface area contributed by atoms with Gasteiger partial charge in [0.25, 0.3) is 0 Å². The lowest BCUT2D eigenvalue weighted by Gasteiger charge is -2.47. The van der Waals surface area contributed by atoms with Crippen molar-refractivity contribution in [2.75, 3.05) is 7.11 Å². The molecule has 0 radical (unpaired) electrons. The lowest BCUT2D eigenvalue weighted by molar-refractivity contribution is 0.180. The van der Waals surface area contributed by atoms with Crippen molar-refractivity contribution in [1.82, 2.24) is 5.32 Å². The highest BCUT2D eigenvalue weighted by Gasteiger charge is 2.45. The Labute approximate surface area is 143 Å². The molecule has 1 aliphatic carbocycles.